The number of thiazole rings is 1. The van der Waals surface area contributed by atoms with Crippen LogP contribution < -0.4 is 0 Å². The molecule has 2 aromatic rings. The first-order valence-corrected chi connectivity index (χ1v) is 12.0. The van der Waals surface area contributed by atoms with Gasteiger partial charge in [0.2, 0.25) is 0 Å². The van der Waals surface area contributed by atoms with E-state index in [2.05, 4.69) is 11.0 Å². The quantitative estimate of drug-likeness (QED) is 0.753. The molecule has 6 heteroatoms. The highest BCUT2D eigenvalue weighted by Gasteiger charge is 2.30. The van der Waals surface area contributed by atoms with Crippen molar-refractivity contribution in [2.45, 2.75) is 56.9 Å². The maximum absolute atomic E-state index is 12.8. The Balaban J connectivity index is 1.18. The van der Waals surface area contributed by atoms with Crippen LogP contribution in [0, 0.1) is 11.3 Å². The minimum atomic E-state index is 0.0731. The lowest BCUT2D eigenvalue weighted by Gasteiger charge is -2.36. The summed E-state index contributed by atoms with van der Waals surface area (Å²) in [6.45, 7) is 3.92. The summed E-state index contributed by atoms with van der Waals surface area (Å²) in [5.41, 5.74) is 2.60. The first-order valence-electron chi connectivity index (χ1n) is 11.2. The van der Waals surface area contributed by atoms with Crippen LogP contribution in [0.2, 0.25) is 0 Å². The van der Waals surface area contributed by atoms with E-state index in [1.807, 2.05) is 16.2 Å². The number of likely N-dealkylation sites (tertiary alicyclic amines) is 1. The summed E-state index contributed by atoms with van der Waals surface area (Å²) in [7, 11) is 0. The second kappa shape index (κ2) is 8.49. The molecule has 1 saturated carbocycles. The Morgan fingerprint density at radius 3 is 2.43 bits per heavy atom. The molecule has 0 unspecified atom stereocenters. The number of nitriles is 1. The van der Waals surface area contributed by atoms with Crippen LogP contribution >= 0.6 is 11.3 Å². The zero-order valence-corrected chi connectivity index (χ0v) is 18.2. The van der Waals surface area contributed by atoms with Crippen molar-refractivity contribution in [1.29, 1.82) is 5.26 Å². The highest BCUT2D eigenvalue weighted by atomic mass is 32.1. The lowest BCUT2D eigenvalue weighted by molar-refractivity contribution is 0.0713. The molecule has 1 amide bonds. The average molecular weight is 421 g/mol. The molecule has 1 aromatic heterocycles. The van der Waals surface area contributed by atoms with E-state index in [4.69, 9.17) is 10.2 Å². The van der Waals surface area contributed by atoms with Crippen LogP contribution in [0.4, 0.5) is 0 Å². The van der Waals surface area contributed by atoms with Crippen molar-refractivity contribution in [2.24, 2.45) is 0 Å². The van der Waals surface area contributed by atoms with Crippen LogP contribution in [0.3, 0.4) is 0 Å². The van der Waals surface area contributed by atoms with Gasteiger partial charge in [0.25, 0.3) is 5.91 Å². The fourth-order valence-electron chi connectivity index (χ4n) is 4.89. The summed E-state index contributed by atoms with van der Waals surface area (Å²) in [4.78, 5) is 24.0. The number of benzene rings is 1. The highest BCUT2D eigenvalue weighted by molar-refractivity contribution is 7.11. The van der Waals surface area contributed by atoms with Gasteiger partial charge in [-0.15, -0.1) is 11.3 Å². The average Bonchev–Trinajstić information content (AvgIpc) is 3.07. The fraction of sp³-hybridized carbons (Fsp3) is 0.542. The van der Waals surface area contributed by atoms with Gasteiger partial charge in [-0.05, 0) is 56.4 Å². The molecule has 2 fully saturated rings. The van der Waals surface area contributed by atoms with Crippen LogP contribution in [0.25, 0.3) is 0 Å². The van der Waals surface area contributed by atoms with E-state index < -0.39 is 0 Å². The Bertz CT molecular complexity index is 923. The lowest BCUT2D eigenvalue weighted by atomic mass is 9.91. The van der Waals surface area contributed by atoms with Crippen LogP contribution in [0.5, 0.6) is 0 Å². The van der Waals surface area contributed by atoms with E-state index in [0.717, 1.165) is 44.8 Å². The second-order valence-corrected chi connectivity index (χ2v) is 9.91. The number of hydrogen-bond acceptors (Lipinski definition) is 5. The number of hydrogen-bond donors (Lipinski definition) is 0. The molecule has 156 valence electrons. The van der Waals surface area contributed by atoms with E-state index >= 15 is 0 Å². The molecule has 3 heterocycles. The van der Waals surface area contributed by atoms with Crippen molar-refractivity contribution >= 4 is 17.2 Å². The van der Waals surface area contributed by atoms with E-state index in [1.165, 1.54) is 47.9 Å². The zero-order valence-electron chi connectivity index (χ0n) is 17.3. The molecule has 5 nitrogen and oxygen atoms in total. The molecule has 3 aliphatic rings. The van der Waals surface area contributed by atoms with Crippen LogP contribution in [0.15, 0.2) is 24.3 Å². The van der Waals surface area contributed by atoms with Gasteiger partial charge in [0.05, 0.1) is 22.3 Å². The van der Waals surface area contributed by atoms with Crippen molar-refractivity contribution in [2.75, 3.05) is 26.2 Å². The van der Waals surface area contributed by atoms with Crippen molar-refractivity contribution in [3.8, 4) is 6.07 Å². The van der Waals surface area contributed by atoms with Crippen molar-refractivity contribution < 1.29 is 4.79 Å². The SMILES string of the molecule is N#Cc1ccc(C(=O)N2CCC(c3nc4c(s3)CCN(C3CCC3)CC4)CC2)cc1. The molecular weight excluding hydrogens is 392 g/mol. The molecule has 0 atom stereocenters. The number of piperidine rings is 1. The van der Waals surface area contributed by atoms with Gasteiger partial charge in [0.15, 0.2) is 0 Å². The summed E-state index contributed by atoms with van der Waals surface area (Å²) < 4.78 is 0. The van der Waals surface area contributed by atoms with Crippen molar-refractivity contribution in [3.05, 3.63) is 51.0 Å². The van der Waals surface area contributed by atoms with Crippen LogP contribution in [-0.4, -0.2) is 52.9 Å². The molecule has 1 aliphatic carbocycles. The molecule has 0 N–H and O–H groups in total. The van der Waals surface area contributed by atoms with Gasteiger partial charge in [-0.25, -0.2) is 4.98 Å². The largest absolute Gasteiger partial charge is 0.339 e. The zero-order chi connectivity index (χ0) is 20.5. The summed E-state index contributed by atoms with van der Waals surface area (Å²) in [6.07, 6.45) is 8.39. The number of carbonyl (C=O) groups is 1. The van der Waals surface area contributed by atoms with E-state index in [-0.39, 0.29) is 5.91 Å². The fourth-order valence-corrected chi connectivity index (χ4v) is 6.16. The van der Waals surface area contributed by atoms with Crippen LogP contribution in [0.1, 0.15) is 69.5 Å². The van der Waals surface area contributed by atoms with E-state index in [1.54, 1.807) is 24.3 Å². The molecular formula is C24H28N4OS. The summed E-state index contributed by atoms with van der Waals surface area (Å²) in [5, 5.41) is 10.2. The third kappa shape index (κ3) is 3.89. The predicted octanol–water partition coefficient (Wildman–Crippen LogP) is 3.99. The number of fused-ring (bicyclic) bond motifs is 1. The normalized spacial score (nSPS) is 20.8. The summed E-state index contributed by atoms with van der Waals surface area (Å²) in [5.74, 6) is 0.554. The van der Waals surface area contributed by atoms with Gasteiger partial charge >= 0.3 is 0 Å². The Morgan fingerprint density at radius 1 is 1.03 bits per heavy atom. The van der Waals surface area contributed by atoms with Gasteiger partial charge in [0.1, 0.15) is 0 Å². The number of rotatable bonds is 3. The number of carbonyl (C=O) groups excluding carboxylic acids is 1. The minimum Gasteiger partial charge on any atom is -0.339 e. The molecule has 1 saturated heterocycles. The third-order valence-corrected chi connectivity index (χ3v) is 8.36. The Labute approximate surface area is 182 Å². The molecule has 30 heavy (non-hydrogen) atoms. The second-order valence-electron chi connectivity index (χ2n) is 8.80. The predicted molar refractivity (Wildman–Crippen MR) is 118 cm³/mol. The monoisotopic (exact) mass is 420 g/mol. The number of amides is 1. The Kier molecular flexibility index (Phi) is 5.58. The molecule has 2 aliphatic heterocycles. The molecule has 1 aromatic carbocycles. The summed E-state index contributed by atoms with van der Waals surface area (Å²) >= 11 is 1.93. The number of aromatic nitrogens is 1. The lowest BCUT2D eigenvalue weighted by Crippen LogP contribution is -2.41. The van der Waals surface area contributed by atoms with Crippen molar-refractivity contribution in [1.82, 2.24) is 14.8 Å². The first-order chi connectivity index (χ1) is 14.7. The maximum atomic E-state index is 12.8. The van der Waals surface area contributed by atoms with Gasteiger partial charge in [-0.1, -0.05) is 6.42 Å². The topological polar surface area (TPSA) is 60.2 Å². The maximum Gasteiger partial charge on any atom is 0.253 e. The third-order valence-electron chi connectivity index (χ3n) is 7.04. The molecule has 5 rings (SSSR count). The summed E-state index contributed by atoms with van der Waals surface area (Å²) in [6, 6.07) is 9.89. The molecule has 0 radical (unpaired) electrons. The van der Waals surface area contributed by atoms with Gasteiger partial charge in [-0.3, -0.25) is 9.69 Å². The smallest absolute Gasteiger partial charge is 0.253 e. The minimum absolute atomic E-state index is 0.0731. The van der Waals surface area contributed by atoms with Gasteiger partial charge < -0.3 is 4.90 Å². The first kappa shape index (κ1) is 19.7. The van der Waals surface area contributed by atoms with Gasteiger partial charge in [-0.2, -0.15) is 5.26 Å². The van der Waals surface area contributed by atoms with E-state index in [0.29, 0.717) is 17.0 Å². The number of nitrogens with zero attached hydrogens (tertiary/aromatic N) is 4. The van der Waals surface area contributed by atoms with Gasteiger partial charge in [0, 0.05) is 55.0 Å². The molecule has 0 spiro atoms. The highest BCUT2D eigenvalue weighted by Crippen LogP contribution is 2.35. The molecule has 0 bridgehead atoms. The van der Waals surface area contributed by atoms with Crippen LogP contribution in [-0.2, 0) is 12.8 Å². The van der Waals surface area contributed by atoms with Crippen molar-refractivity contribution in [3.63, 3.8) is 0 Å². The standard InChI is InChI=1S/C24H28N4OS/c25-16-17-4-6-19(7-5-17)24(29)28-12-8-18(9-13-28)23-26-21-10-14-27(20-2-1-3-20)15-11-22(21)30-23/h4-7,18,20H,1-3,8-15H2. The Hall–Kier alpha value is -2.23. The van der Waals surface area contributed by atoms with E-state index in [9.17, 15) is 4.79 Å². The Morgan fingerprint density at radius 2 is 1.77 bits per heavy atom.